The number of nitrogen functional groups attached to an aromatic ring is 1. The number of aromatic nitrogens is 2. The second kappa shape index (κ2) is 6.06. The Morgan fingerprint density at radius 1 is 1.46 bits per heavy atom. The van der Waals surface area contributed by atoms with E-state index in [0.29, 0.717) is 5.95 Å². The van der Waals surface area contributed by atoms with E-state index in [1.807, 2.05) is 32.9 Å². The molecule has 0 fully saturated rings. The van der Waals surface area contributed by atoms with Crippen molar-refractivity contribution < 1.29 is 0 Å². The molecule has 0 radical (unpaired) electrons. The van der Waals surface area contributed by atoms with Crippen LogP contribution in [0.5, 0.6) is 0 Å². The van der Waals surface area contributed by atoms with Crippen LogP contribution in [0.2, 0.25) is 0 Å². The zero-order valence-corrected chi connectivity index (χ0v) is 8.46. The van der Waals surface area contributed by atoms with Crippen molar-refractivity contribution in [3.8, 4) is 0 Å². The van der Waals surface area contributed by atoms with Crippen molar-refractivity contribution in [3.05, 3.63) is 23.4 Å². The summed E-state index contributed by atoms with van der Waals surface area (Å²) in [6, 6.07) is 0. The highest BCUT2D eigenvalue weighted by atomic mass is 15.0. The van der Waals surface area contributed by atoms with Gasteiger partial charge in [0.25, 0.3) is 0 Å². The largest absolute Gasteiger partial charge is 0.369 e. The lowest BCUT2D eigenvalue weighted by Crippen LogP contribution is -2.23. The van der Waals surface area contributed by atoms with Crippen molar-refractivity contribution in [1.29, 1.82) is 0 Å². The number of nitrogens with one attached hydrogen (secondary N) is 1. The van der Waals surface area contributed by atoms with Crippen molar-refractivity contribution in [2.24, 2.45) is 0 Å². The van der Waals surface area contributed by atoms with Crippen molar-refractivity contribution in [2.75, 3.05) is 5.73 Å². The number of hydrogen-bond acceptors (Lipinski definition) is 2. The average molecular weight is 179 g/mol. The molecular weight excluding hydrogens is 162 g/mol. The molecule has 1 aromatic rings. The molecule has 0 unspecified atom stereocenters. The van der Waals surface area contributed by atoms with Crippen molar-refractivity contribution in [2.45, 2.75) is 20.8 Å². The van der Waals surface area contributed by atoms with E-state index >= 15 is 0 Å². The Bertz CT molecular complexity index is 360. The summed E-state index contributed by atoms with van der Waals surface area (Å²) in [5.41, 5.74) is 5.44. The number of nitrogens with zero attached hydrogens (tertiary/aromatic N) is 1. The number of nitrogens with two attached hydrogens (primary N) is 1. The summed E-state index contributed by atoms with van der Waals surface area (Å²) in [6.07, 6.45) is 5.42. The van der Waals surface area contributed by atoms with Gasteiger partial charge < -0.3 is 10.7 Å². The monoisotopic (exact) mass is 179 g/mol. The summed E-state index contributed by atoms with van der Waals surface area (Å²) in [6.45, 7) is 9.50. The third-order valence-electron chi connectivity index (χ3n) is 1.34. The number of hydrogen-bond donors (Lipinski definition) is 2. The molecule has 3 heteroatoms. The molecule has 3 N–H and O–H groups in total. The van der Waals surface area contributed by atoms with Crippen molar-refractivity contribution in [3.63, 3.8) is 0 Å². The minimum atomic E-state index is 0.436. The lowest BCUT2D eigenvalue weighted by molar-refractivity contribution is 1.30. The topological polar surface area (TPSA) is 54.7 Å². The fourth-order valence-electron chi connectivity index (χ4n) is 0.885. The maximum absolute atomic E-state index is 5.44. The highest BCUT2D eigenvalue weighted by molar-refractivity contribution is 5.36. The molecule has 0 atom stereocenters. The van der Waals surface area contributed by atoms with E-state index in [1.165, 1.54) is 0 Å². The molecule has 13 heavy (non-hydrogen) atoms. The predicted octanol–water partition coefficient (Wildman–Crippen LogP) is 0.785. The van der Waals surface area contributed by atoms with E-state index in [4.69, 9.17) is 5.73 Å². The van der Waals surface area contributed by atoms with Gasteiger partial charge in [-0.15, -0.1) is 0 Å². The van der Waals surface area contributed by atoms with Gasteiger partial charge in [0.15, 0.2) is 5.95 Å². The van der Waals surface area contributed by atoms with Crippen LogP contribution >= 0.6 is 0 Å². The molecule has 0 aliphatic rings. The van der Waals surface area contributed by atoms with E-state index in [-0.39, 0.29) is 0 Å². The van der Waals surface area contributed by atoms with Gasteiger partial charge in [-0.05, 0) is 13.0 Å². The molecule has 0 saturated heterocycles. The Balaban J connectivity index is 0.000000671. The highest BCUT2D eigenvalue weighted by Crippen LogP contribution is 1.75. The number of aromatic amines is 1. The standard InChI is InChI=1S/C8H11N3.C2H6/c1-3-5-7-6(4-2)10-8(9)11-7;1-2/h3-5H,1H2,2H3,(H3,9,10,11);1-2H3/b6-4+,7-5+;. The number of imidazole rings is 1. The zero-order valence-electron chi connectivity index (χ0n) is 8.46. The Kier molecular flexibility index (Phi) is 5.35. The SMILES string of the molecule is C=C/C=c1/[nH]c(N)n/c1=C/C.CC. The average Bonchev–Trinajstić information content (AvgIpc) is 2.50. The van der Waals surface area contributed by atoms with Crippen LogP contribution < -0.4 is 16.4 Å². The van der Waals surface area contributed by atoms with Crippen molar-refractivity contribution >= 4 is 18.1 Å². The molecule has 0 spiro atoms. The first-order chi connectivity index (χ1) is 6.27. The number of H-pyrrole nitrogens is 1. The van der Waals surface area contributed by atoms with Gasteiger partial charge in [-0.1, -0.05) is 32.6 Å². The van der Waals surface area contributed by atoms with Crippen LogP contribution in [-0.4, -0.2) is 9.97 Å². The molecule has 1 heterocycles. The summed E-state index contributed by atoms with van der Waals surface area (Å²) in [7, 11) is 0. The second-order valence-electron chi connectivity index (χ2n) is 2.11. The van der Waals surface area contributed by atoms with Gasteiger partial charge in [-0.3, -0.25) is 0 Å². The van der Waals surface area contributed by atoms with Crippen LogP contribution in [0.4, 0.5) is 5.95 Å². The van der Waals surface area contributed by atoms with Crippen molar-refractivity contribution in [1.82, 2.24) is 9.97 Å². The quantitative estimate of drug-likeness (QED) is 0.669. The molecule has 72 valence electrons. The third-order valence-corrected chi connectivity index (χ3v) is 1.34. The first-order valence-corrected chi connectivity index (χ1v) is 4.38. The molecule has 0 saturated carbocycles. The fraction of sp³-hybridized carbons (Fsp3) is 0.300. The predicted molar refractivity (Wildman–Crippen MR) is 58.4 cm³/mol. The van der Waals surface area contributed by atoms with Crippen LogP contribution in [-0.2, 0) is 0 Å². The minimum Gasteiger partial charge on any atom is -0.369 e. The Hall–Kier alpha value is -1.51. The molecule has 0 aromatic carbocycles. The molecule has 0 amide bonds. The van der Waals surface area contributed by atoms with Gasteiger partial charge in [0.1, 0.15) is 0 Å². The number of anilines is 1. The van der Waals surface area contributed by atoms with Gasteiger partial charge in [0.2, 0.25) is 0 Å². The third kappa shape index (κ3) is 3.15. The van der Waals surface area contributed by atoms with Crippen LogP contribution in [0, 0.1) is 0 Å². The summed E-state index contributed by atoms with van der Waals surface area (Å²) < 4.78 is 0. The van der Waals surface area contributed by atoms with Crippen LogP contribution in [0.25, 0.3) is 12.2 Å². The Morgan fingerprint density at radius 2 is 2.08 bits per heavy atom. The zero-order chi connectivity index (χ0) is 10.3. The van der Waals surface area contributed by atoms with E-state index in [9.17, 15) is 0 Å². The van der Waals surface area contributed by atoms with E-state index in [1.54, 1.807) is 6.08 Å². The summed E-state index contributed by atoms with van der Waals surface area (Å²) >= 11 is 0. The van der Waals surface area contributed by atoms with Gasteiger partial charge in [-0.2, -0.15) is 0 Å². The van der Waals surface area contributed by atoms with E-state index in [2.05, 4.69) is 16.5 Å². The smallest absolute Gasteiger partial charge is 0.198 e. The van der Waals surface area contributed by atoms with Gasteiger partial charge in [0, 0.05) is 0 Å². The Labute approximate surface area is 78.7 Å². The maximum atomic E-state index is 5.44. The minimum absolute atomic E-state index is 0.436. The molecule has 0 aliphatic heterocycles. The molecule has 1 rings (SSSR count). The van der Waals surface area contributed by atoms with Gasteiger partial charge >= 0.3 is 0 Å². The molecule has 3 nitrogen and oxygen atoms in total. The van der Waals surface area contributed by atoms with E-state index < -0.39 is 0 Å². The van der Waals surface area contributed by atoms with Gasteiger partial charge in [0.05, 0.1) is 10.7 Å². The molecule has 0 bridgehead atoms. The first kappa shape index (κ1) is 11.5. The Morgan fingerprint density at radius 3 is 2.54 bits per heavy atom. The fourth-order valence-corrected chi connectivity index (χ4v) is 0.885. The van der Waals surface area contributed by atoms with Crippen LogP contribution in [0.15, 0.2) is 12.7 Å². The maximum Gasteiger partial charge on any atom is 0.198 e. The first-order valence-electron chi connectivity index (χ1n) is 4.38. The normalized spacial score (nSPS) is 12.2. The lowest BCUT2D eigenvalue weighted by atomic mass is 10.4. The summed E-state index contributed by atoms with van der Waals surface area (Å²) in [4.78, 5) is 6.94. The molecular formula is C10H17N3. The van der Waals surface area contributed by atoms with Crippen LogP contribution in [0.3, 0.4) is 0 Å². The van der Waals surface area contributed by atoms with Crippen LogP contribution in [0.1, 0.15) is 20.8 Å². The summed E-state index contributed by atoms with van der Waals surface area (Å²) in [5.74, 6) is 0.436. The summed E-state index contributed by atoms with van der Waals surface area (Å²) in [5, 5.41) is 1.77. The number of allylic oxidation sites excluding steroid dienone is 1. The van der Waals surface area contributed by atoms with E-state index in [0.717, 1.165) is 10.7 Å². The molecule has 0 aliphatic carbocycles. The lowest BCUT2D eigenvalue weighted by Gasteiger charge is -1.73. The number of rotatable bonds is 1. The van der Waals surface area contributed by atoms with Gasteiger partial charge in [-0.25, -0.2) is 4.98 Å². The highest BCUT2D eigenvalue weighted by Gasteiger charge is 1.89. The second-order valence-corrected chi connectivity index (χ2v) is 2.11. The molecule has 1 aromatic heterocycles.